The molecule has 2 aromatic heterocycles. The van der Waals surface area contributed by atoms with Gasteiger partial charge < -0.3 is 10.2 Å². The lowest BCUT2D eigenvalue weighted by molar-refractivity contribution is -0.127. The Bertz CT molecular complexity index is 680. The molecule has 118 valence electrons. The van der Waals surface area contributed by atoms with E-state index in [1.165, 1.54) is 11.5 Å². The molecule has 0 spiro atoms. The summed E-state index contributed by atoms with van der Waals surface area (Å²) in [7, 11) is 3.80. The second-order valence-electron chi connectivity index (χ2n) is 5.75. The van der Waals surface area contributed by atoms with E-state index in [-0.39, 0.29) is 18.0 Å². The Kier molecular flexibility index (Phi) is 3.96. The number of likely N-dealkylation sites (N-methyl/N-ethyl adjacent to an activating group) is 1. The predicted octanol–water partition coefficient (Wildman–Crippen LogP) is 0.950. The van der Waals surface area contributed by atoms with Crippen molar-refractivity contribution in [2.45, 2.75) is 38.9 Å². The fourth-order valence-electron chi connectivity index (χ4n) is 3.16. The Morgan fingerprint density at radius 2 is 2.18 bits per heavy atom. The highest BCUT2D eigenvalue weighted by atomic mass is 32.1. The summed E-state index contributed by atoms with van der Waals surface area (Å²) in [5.74, 6) is 0.154. The number of nitrogens with one attached hydrogen (secondary N) is 1. The molecule has 2 atom stereocenters. The monoisotopic (exact) mass is 320 g/mol. The van der Waals surface area contributed by atoms with Gasteiger partial charge >= 0.3 is 0 Å². The minimum atomic E-state index is 0.00722. The van der Waals surface area contributed by atoms with Crippen LogP contribution in [-0.2, 0) is 18.4 Å². The number of hydrogen-bond donors (Lipinski definition) is 1. The number of nitrogens with zero attached hydrogens (tertiary/aromatic N) is 5. The topological polar surface area (TPSA) is 75.9 Å². The van der Waals surface area contributed by atoms with Crippen LogP contribution in [0.1, 0.15) is 35.1 Å². The van der Waals surface area contributed by atoms with Gasteiger partial charge in [0.15, 0.2) is 0 Å². The first-order chi connectivity index (χ1) is 10.5. The van der Waals surface area contributed by atoms with Gasteiger partial charge in [-0.2, -0.15) is 5.10 Å². The van der Waals surface area contributed by atoms with Crippen molar-refractivity contribution in [3.63, 3.8) is 0 Å². The summed E-state index contributed by atoms with van der Waals surface area (Å²) in [5.41, 5.74) is 4.13. The number of likely N-dealkylation sites (tertiary alicyclic amines) is 1. The number of aromatic nitrogens is 4. The predicted molar refractivity (Wildman–Crippen MR) is 83.3 cm³/mol. The van der Waals surface area contributed by atoms with Crippen LogP contribution in [0, 0.1) is 13.8 Å². The van der Waals surface area contributed by atoms with E-state index in [2.05, 4.69) is 20.0 Å². The minimum Gasteiger partial charge on any atom is -0.337 e. The molecule has 1 N–H and O–H groups in total. The summed E-state index contributed by atoms with van der Waals surface area (Å²) < 4.78 is 5.74. The SMILES string of the molecule is Cc1nn(C)c(C)c1[C@H]1[C@H](NCc2csnn2)CC(=O)N1C. The molecule has 7 nitrogen and oxygen atoms in total. The maximum Gasteiger partial charge on any atom is 0.224 e. The van der Waals surface area contributed by atoms with Crippen molar-refractivity contribution in [1.82, 2.24) is 29.6 Å². The first-order valence-corrected chi connectivity index (χ1v) is 8.07. The van der Waals surface area contributed by atoms with E-state index in [9.17, 15) is 4.79 Å². The van der Waals surface area contributed by atoms with Gasteiger partial charge in [-0.3, -0.25) is 9.48 Å². The number of rotatable bonds is 4. The van der Waals surface area contributed by atoms with Crippen LogP contribution < -0.4 is 5.32 Å². The number of amides is 1. The summed E-state index contributed by atoms with van der Waals surface area (Å²) in [6, 6.07) is 0.0635. The molecule has 1 saturated heterocycles. The van der Waals surface area contributed by atoms with Gasteiger partial charge in [0.25, 0.3) is 0 Å². The second kappa shape index (κ2) is 5.77. The summed E-state index contributed by atoms with van der Waals surface area (Å²) in [5, 5.41) is 13.9. The highest BCUT2D eigenvalue weighted by Crippen LogP contribution is 2.35. The summed E-state index contributed by atoms with van der Waals surface area (Å²) in [4.78, 5) is 14.0. The minimum absolute atomic E-state index is 0.00722. The van der Waals surface area contributed by atoms with Crippen LogP contribution in [0.4, 0.5) is 0 Å². The molecule has 2 aromatic rings. The van der Waals surface area contributed by atoms with E-state index in [0.717, 1.165) is 22.6 Å². The molecule has 1 fully saturated rings. The fourth-order valence-corrected chi connectivity index (χ4v) is 3.61. The zero-order valence-electron chi connectivity index (χ0n) is 13.2. The lowest BCUT2D eigenvalue weighted by Gasteiger charge is -2.26. The van der Waals surface area contributed by atoms with Crippen LogP contribution in [0.15, 0.2) is 5.38 Å². The molecule has 22 heavy (non-hydrogen) atoms. The molecule has 3 rings (SSSR count). The van der Waals surface area contributed by atoms with Crippen LogP contribution in [0.3, 0.4) is 0 Å². The van der Waals surface area contributed by atoms with Crippen molar-refractivity contribution in [3.8, 4) is 0 Å². The summed E-state index contributed by atoms with van der Waals surface area (Å²) >= 11 is 1.34. The average Bonchev–Trinajstić information content (AvgIpc) is 3.14. The number of aryl methyl sites for hydroxylation is 2. The van der Waals surface area contributed by atoms with Crippen molar-refractivity contribution >= 4 is 17.4 Å². The van der Waals surface area contributed by atoms with Gasteiger partial charge in [-0.15, -0.1) is 5.10 Å². The molecule has 0 radical (unpaired) electrons. The van der Waals surface area contributed by atoms with Gasteiger partial charge in [-0.1, -0.05) is 4.49 Å². The smallest absolute Gasteiger partial charge is 0.224 e. The van der Waals surface area contributed by atoms with E-state index < -0.39 is 0 Å². The van der Waals surface area contributed by atoms with Crippen molar-refractivity contribution in [2.24, 2.45) is 7.05 Å². The van der Waals surface area contributed by atoms with Crippen LogP contribution in [-0.4, -0.2) is 43.3 Å². The first kappa shape index (κ1) is 15.1. The lowest BCUT2D eigenvalue weighted by atomic mass is 9.98. The Labute approximate surface area is 133 Å². The fraction of sp³-hybridized carbons (Fsp3) is 0.571. The van der Waals surface area contributed by atoms with Crippen LogP contribution in [0.2, 0.25) is 0 Å². The maximum atomic E-state index is 12.2. The molecular weight excluding hydrogens is 300 g/mol. The highest BCUT2D eigenvalue weighted by Gasteiger charge is 2.40. The summed E-state index contributed by atoms with van der Waals surface area (Å²) in [6.45, 7) is 4.67. The summed E-state index contributed by atoms with van der Waals surface area (Å²) in [6.07, 6.45) is 0.493. The third kappa shape index (κ3) is 2.52. The molecule has 3 heterocycles. The van der Waals surface area contributed by atoms with Crippen molar-refractivity contribution in [3.05, 3.63) is 28.0 Å². The van der Waals surface area contributed by atoms with Crippen molar-refractivity contribution < 1.29 is 4.79 Å². The molecule has 1 aliphatic heterocycles. The van der Waals surface area contributed by atoms with E-state index in [1.54, 1.807) is 0 Å². The molecule has 0 bridgehead atoms. The van der Waals surface area contributed by atoms with Crippen LogP contribution in [0.5, 0.6) is 0 Å². The van der Waals surface area contributed by atoms with Crippen LogP contribution >= 0.6 is 11.5 Å². The number of hydrogen-bond acceptors (Lipinski definition) is 6. The van der Waals surface area contributed by atoms with Gasteiger partial charge in [0.1, 0.15) is 0 Å². The van der Waals surface area contributed by atoms with Gasteiger partial charge in [-0.05, 0) is 25.4 Å². The van der Waals surface area contributed by atoms with E-state index in [0.29, 0.717) is 13.0 Å². The standard InChI is InChI=1S/C14H20N6OS/c1-8-13(9(2)20(4)17-8)14-11(5-12(21)19(14)3)15-6-10-7-22-18-16-10/h7,11,14-15H,5-6H2,1-4H3/t11-,14-/m1/s1. The van der Waals surface area contributed by atoms with Crippen LogP contribution in [0.25, 0.3) is 0 Å². The zero-order valence-corrected chi connectivity index (χ0v) is 14.0. The molecule has 0 aromatic carbocycles. The Morgan fingerprint density at radius 3 is 2.77 bits per heavy atom. The maximum absolute atomic E-state index is 12.2. The number of carbonyl (C=O) groups excluding carboxylic acids is 1. The normalized spacial score (nSPS) is 21.8. The Hall–Kier alpha value is -1.80. The third-order valence-electron chi connectivity index (χ3n) is 4.40. The quantitative estimate of drug-likeness (QED) is 0.908. The van der Waals surface area contributed by atoms with Gasteiger partial charge in [0, 0.05) is 49.7 Å². The van der Waals surface area contributed by atoms with Gasteiger partial charge in [0.05, 0.1) is 17.4 Å². The Morgan fingerprint density at radius 1 is 1.41 bits per heavy atom. The number of carbonyl (C=O) groups is 1. The molecule has 0 saturated carbocycles. The largest absolute Gasteiger partial charge is 0.337 e. The zero-order chi connectivity index (χ0) is 15.9. The molecule has 0 aliphatic carbocycles. The Balaban J connectivity index is 1.86. The second-order valence-corrected chi connectivity index (χ2v) is 6.36. The first-order valence-electron chi connectivity index (χ1n) is 7.24. The van der Waals surface area contributed by atoms with E-state index in [4.69, 9.17) is 0 Å². The third-order valence-corrected chi connectivity index (χ3v) is 4.95. The van der Waals surface area contributed by atoms with E-state index in [1.807, 2.05) is 42.9 Å². The van der Waals surface area contributed by atoms with Crippen molar-refractivity contribution in [1.29, 1.82) is 0 Å². The molecule has 8 heteroatoms. The molecular formula is C14H20N6OS. The van der Waals surface area contributed by atoms with Crippen molar-refractivity contribution in [2.75, 3.05) is 7.05 Å². The average molecular weight is 320 g/mol. The van der Waals surface area contributed by atoms with Gasteiger partial charge in [-0.25, -0.2) is 0 Å². The van der Waals surface area contributed by atoms with Gasteiger partial charge in [0.2, 0.25) is 5.91 Å². The molecule has 0 unspecified atom stereocenters. The molecule has 1 aliphatic rings. The molecule has 1 amide bonds. The van der Waals surface area contributed by atoms with E-state index >= 15 is 0 Å². The lowest BCUT2D eigenvalue weighted by Crippen LogP contribution is -2.35. The highest BCUT2D eigenvalue weighted by molar-refractivity contribution is 7.03.